The van der Waals surface area contributed by atoms with Crippen molar-refractivity contribution in [2.45, 2.75) is 19.1 Å². The summed E-state index contributed by atoms with van der Waals surface area (Å²) in [5.41, 5.74) is 1.28. The summed E-state index contributed by atoms with van der Waals surface area (Å²) >= 11 is 0. The standard InChI is InChI=1S/C12H17NO.C4H4O4/c1-10-12(14-9-8-13(10)2)11-6-4-3-5-7-11;5-3(6)1-2-4(7)8/h3-7,10,12H,8-9H2,1-2H3;1-2H,(H,5,6)(H,7,8)/b;2-1+. The molecule has 120 valence electrons. The molecule has 0 saturated carbocycles. The first-order valence-electron chi connectivity index (χ1n) is 6.92. The first kappa shape index (κ1) is 17.9. The third-order valence-electron chi connectivity index (χ3n) is 3.37. The van der Waals surface area contributed by atoms with Crippen molar-refractivity contribution in [2.75, 3.05) is 20.2 Å². The van der Waals surface area contributed by atoms with E-state index in [0.29, 0.717) is 18.2 Å². The van der Waals surface area contributed by atoms with Crippen LogP contribution in [0.25, 0.3) is 0 Å². The van der Waals surface area contributed by atoms with Gasteiger partial charge in [-0.3, -0.25) is 4.90 Å². The van der Waals surface area contributed by atoms with Crippen LogP contribution < -0.4 is 0 Å². The van der Waals surface area contributed by atoms with E-state index in [-0.39, 0.29) is 6.10 Å². The van der Waals surface area contributed by atoms with Crippen LogP contribution >= 0.6 is 0 Å². The number of carboxylic acids is 2. The van der Waals surface area contributed by atoms with Crippen LogP contribution in [-0.2, 0) is 14.3 Å². The number of aliphatic carboxylic acids is 2. The minimum atomic E-state index is -1.26. The topological polar surface area (TPSA) is 87.1 Å². The molecule has 1 aliphatic heterocycles. The molecule has 22 heavy (non-hydrogen) atoms. The highest BCUT2D eigenvalue weighted by Gasteiger charge is 2.27. The van der Waals surface area contributed by atoms with Crippen LogP contribution in [0.4, 0.5) is 0 Å². The summed E-state index contributed by atoms with van der Waals surface area (Å²) < 4.78 is 5.80. The number of ether oxygens (including phenoxy) is 1. The maximum atomic E-state index is 9.55. The van der Waals surface area contributed by atoms with Gasteiger partial charge in [0.05, 0.1) is 12.7 Å². The van der Waals surface area contributed by atoms with Gasteiger partial charge in [0.25, 0.3) is 0 Å². The largest absolute Gasteiger partial charge is 0.478 e. The molecule has 1 heterocycles. The molecule has 1 aromatic rings. The molecule has 1 aromatic carbocycles. The summed E-state index contributed by atoms with van der Waals surface area (Å²) in [7, 11) is 2.16. The van der Waals surface area contributed by atoms with Crippen molar-refractivity contribution in [3.8, 4) is 0 Å². The third-order valence-corrected chi connectivity index (χ3v) is 3.37. The van der Waals surface area contributed by atoms with E-state index in [0.717, 1.165) is 13.2 Å². The van der Waals surface area contributed by atoms with E-state index in [1.165, 1.54) is 5.56 Å². The van der Waals surface area contributed by atoms with E-state index in [1.54, 1.807) is 0 Å². The highest BCUT2D eigenvalue weighted by atomic mass is 16.5. The summed E-state index contributed by atoms with van der Waals surface area (Å²) in [5, 5.41) is 15.6. The summed E-state index contributed by atoms with van der Waals surface area (Å²) in [6, 6.07) is 10.9. The van der Waals surface area contributed by atoms with Gasteiger partial charge in [0.1, 0.15) is 0 Å². The smallest absolute Gasteiger partial charge is 0.328 e. The zero-order chi connectivity index (χ0) is 16.5. The van der Waals surface area contributed by atoms with Crippen molar-refractivity contribution in [1.82, 2.24) is 4.90 Å². The van der Waals surface area contributed by atoms with Gasteiger partial charge in [0.2, 0.25) is 0 Å². The SMILES string of the molecule is CC1C(c2ccccc2)OCCN1C.O=C(O)/C=C/C(=O)O. The number of hydrogen-bond acceptors (Lipinski definition) is 4. The van der Waals surface area contributed by atoms with Crippen LogP contribution in [0, 0.1) is 0 Å². The van der Waals surface area contributed by atoms with Gasteiger partial charge in [0, 0.05) is 24.7 Å². The second-order valence-electron chi connectivity index (χ2n) is 4.93. The van der Waals surface area contributed by atoms with Gasteiger partial charge in [-0.1, -0.05) is 30.3 Å². The monoisotopic (exact) mass is 307 g/mol. The first-order chi connectivity index (χ1) is 10.4. The average Bonchev–Trinajstić information content (AvgIpc) is 2.49. The molecule has 0 spiro atoms. The number of likely N-dealkylation sites (N-methyl/N-ethyl adjacent to an activating group) is 1. The first-order valence-corrected chi connectivity index (χ1v) is 6.92. The number of carboxylic acid groups (broad SMARTS) is 2. The molecule has 0 amide bonds. The number of benzene rings is 1. The molecule has 2 N–H and O–H groups in total. The Kier molecular flexibility index (Phi) is 7.28. The van der Waals surface area contributed by atoms with E-state index < -0.39 is 11.9 Å². The van der Waals surface area contributed by atoms with Gasteiger partial charge in [-0.25, -0.2) is 9.59 Å². The molecule has 0 radical (unpaired) electrons. The second-order valence-corrected chi connectivity index (χ2v) is 4.93. The van der Waals surface area contributed by atoms with Crippen molar-refractivity contribution in [1.29, 1.82) is 0 Å². The van der Waals surface area contributed by atoms with Gasteiger partial charge in [-0.05, 0) is 19.5 Å². The maximum absolute atomic E-state index is 9.55. The van der Waals surface area contributed by atoms with Crippen LogP contribution in [0.5, 0.6) is 0 Å². The average molecular weight is 307 g/mol. The fourth-order valence-corrected chi connectivity index (χ4v) is 2.06. The zero-order valence-electron chi connectivity index (χ0n) is 12.7. The zero-order valence-corrected chi connectivity index (χ0v) is 12.7. The lowest BCUT2D eigenvalue weighted by Crippen LogP contribution is -2.42. The Morgan fingerprint density at radius 2 is 1.73 bits per heavy atom. The number of rotatable bonds is 3. The van der Waals surface area contributed by atoms with E-state index in [4.69, 9.17) is 14.9 Å². The van der Waals surface area contributed by atoms with Crippen LogP contribution in [0.3, 0.4) is 0 Å². The fraction of sp³-hybridized carbons (Fsp3) is 0.375. The Hall–Kier alpha value is -2.18. The minimum Gasteiger partial charge on any atom is -0.478 e. The van der Waals surface area contributed by atoms with Crippen LogP contribution in [-0.4, -0.2) is 53.3 Å². The lowest BCUT2D eigenvalue weighted by Gasteiger charge is -2.37. The Balaban J connectivity index is 0.000000261. The summed E-state index contributed by atoms with van der Waals surface area (Å²) in [4.78, 5) is 21.5. The lowest BCUT2D eigenvalue weighted by molar-refractivity contribution is -0.134. The fourth-order valence-electron chi connectivity index (χ4n) is 2.06. The molecule has 6 heteroatoms. The number of carbonyl (C=O) groups is 2. The van der Waals surface area contributed by atoms with Crippen LogP contribution in [0.2, 0.25) is 0 Å². The Morgan fingerprint density at radius 1 is 1.18 bits per heavy atom. The highest BCUT2D eigenvalue weighted by molar-refractivity contribution is 5.89. The number of morpholine rings is 1. The van der Waals surface area contributed by atoms with E-state index >= 15 is 0 Å². The molecule has 2 atom stereocenters. The minimum absolute atomic E-state index is 0.231. The van der Waals surface area contributed by atoms with Gasteiger partial charge in [-0.15, -0.1) is 0 Å². The number of nitrogens with zero attached hydrogens (tertiary/aromatic N) is 1. The lowest BCUT2D eigenvalue weighted by atomic mass is 10.0. The van der Waals surface area contributed by atoms with Gasteiger partial charge < -0.3 is 14.9 Å². The van der Waals surface area contributed by atoms with Gasteiger partial charge >= 0.3 is 11.9 Å². The van der Waals surface area contributed by atoms with Crippen molar-refractivity contribution in [2.24, 2.45) is 0 Å². The summed E-state index contributed by atoms with van der Waals surface area (Å²) in [5.74, 6) is -2.51. The van der Waals surface area contributed by atoms with E-state index in [1.807, 2.05) is 6.07 Å². The van der Waals surface area contributed by atoms with E-state index in [2.05, 4.69) is 43.1 Å². The predicted octanol–water partition coefficient (Wildman–Crippen LogP) is 1.79. The van der Waals surface area contributed by atoms with Crippen molar-refractivity contribution >= 4 is 11.9 Å². The third kappa shape index (κ3) is 6.07. The molecule has 1 saturated heterocycles. The molecule has 2 rings (SSSR count). The predicted molar refractivity (Wildman–Crippen MR) is 81.6 cm³/mol. The molecule has 0 aliphatic carbocycles. The van der Waals surface area contributed by atoms with Crippen LogP contribution in [0.1, 0.15) is 18.6 Å². The van der Waals surface area contributed by atoms with Gasteiger partial charge in [-0.2, -0.15) is 0 Å². The van der Waals surface area contributed by atoms with E-state index in [9.17, 15) is 9.59 Å². The molecule has 0 aromatic heterocycles. The molecule has 2 unspecified atom stereocenters. The molecular formula is C16H21NO5. The molecule has 6 nitrogen and oxygen atoms in total. The molecular weight excluding hydrogens is 286 g/mol. The van der Waals surface area contributed by atoms with Crippen molar-refractivity contribution < 1.29 is 24.5 Å². The molecule has 1 fully saturated rings. The maximum Gasteiger partial charge on any atom is 0.328 e. The van der Waals surface area contributed by atoms with Crippen molar-refractivity contribution in [3.63, 3.8) is 0 Å². The number of hydrogen-bond donors (Lipinski definition) is 2. The van der Waals surface area contributed by atoms with Crippen molar-refractivity contribution in [3.05, 3.63) is 48.0 Å². The molecule has 0 bridgehead atoms. The Morgan fingerprint density at radius 3 is 2.23 bits per heavy atom. The summed E-state index contributed by atoms with van der Waals surface area (Å²) in [6.45, 7) is 4.09. The highest BCUT2D eigenvalue weighted by Crippen LogP contribution is 2.26. The Bertz CT molecular complexity index is 499. The second kappa shape index (κ2) is 8.96. The van der Waals surface area contributed by atoms with Crippen LogP contribution in [0.15, 0.2) is 42.5 Å². The Labute approximate surface area is 129 Å². The summed E-state index contributed by atoms with van der Waals surface area (Å²) in [6.07, 6.45) is 1.35. The van der Waals surface area contributed by atoms with Gasteiger partial charge in [0.15, 0.2) is 0 Å². The quantitative estimate of drug-likeness (QED) is 0.828. The normalized spacial score (nSPS) is 21.9. The molecule has 1 aliphatic rings.